The fourth-order valence-electron chi connectivity index (χ4n) is 2.10. The van der Waals surface area contributed by atoms with Gasteiger partial charge >= 0.3 is 0 Å². The number of hydrogen-bond acceptors (Lipinski definition) is 1. The monoisotopic (exact) mass is 168 g/mol. The molecule has 70 valence electrons. The van der Waals surface area contributed by atoms with E-state index in [0.717, 1.165) is 18.8 Å². The van der Waals surface area contributed by atoms with E-state index in [0.29, 0.717) is 0 Å². The molecule has 1 aliphatic rings. The maximum Gasteiger partial charge on any atom is 0.0577 e. The van der Waals surface area contributed by atoms with Crippen molar-refractivity contribution < 1.29 is 5.11 Å². The van der Waals surface area contributed by atoms with Gasteiger partial charge in [-0.3, -0.25) is 0 Å². The SMILES string of the molecule is C=CCC(O)CC1CCCCC1. The molecule has 0 heterocycles. The third-order valence-corrected chi connectivity index (χ3v) is 2.77. The van der Waals surface area contributed by atoms with Crippen LogP contribution in [0.2, 0.25) is 0 Å². The lowest BCUT2D eigenvalue weighted by Crippen LogP contribution is -2.15. The molecule has 1 fully saturated rings. The van der Waals surface area contributed by atoms with E-state index >= 15 is 0 Å². The van der Waals surface area contributed by atoms with Crippen molar-refractivity contribution in [3.05, 3.63) is 12.7 Å². The van der Waals surface area contributed by atoms with E-state index in [1.54, 1.807) is 0 Å². The highest BCUT2D eigenvalue weighted by atomic mass is 16.3. The van der Waals surface area contributed by atoms with Crippen LogP contribution in [0.15, 0.2) is 12.7 Å². The summed E-state index contributed by atoms with van der Waals surface area (Å²) < 4.78 is 0. The fourth-order valence-corrected chi connectivity index (χ4v) is 2.10. The summed E-state index contributed by atoms with van der Waals surface area (Å²) in [6.45, 7) is 3.63. The Morgan fingerprint density at radius 2 is 2.00 bits per heavy atom. The van der Waals surface area contributed by atoms with Crippen LogP contribution in [0.5, 0.6) is 0 Å². The first-order chi connectivity index (χ1) is 5.83. The molecule has 1 saturated carbocycles. The fraction of sp³-hybridized carbons (Fsp3) is 0.818. The molecule has 0 bridgehead atoms. The van der Waals surface area contributed by atoms with E-state index < -0.39 is 0 Å². The summed E-state index contributed by atoms with van der Waals surface area (Å²) in [5.74, 6) is 0.786. The highest BCUT2D eigenvalue weighted by Gasteiger charge is 2.16. The minimum Gasteiger partial charge on any atom is -0.393 e. The van der Waals surface area contributed by atoms with Crippen molar-refractivity contribution in [2.75, 3.05) is 0 Å². The van der Waals surface area contributed by atoms with Gasteiger partial charge in [-0.1, -0.05) is 38.2 Å². The van der Waals surface area contributed by atoms with Crippen LogP contribution < -0.4 is 0 Å². The largest absolute Gasteiger partial charge is 0.393 e. The van der Waals surface area contributed by atoms with E-state index in [1.165, 1.54) is 32.1 Å². The van der Waals surface area contributed by atoms with E-state index in [1.807, 2.05) is 6.08 Å². The summed E-state index contributed by atoms with van der Waals surface area (Å²) in [4.78, 5) is 0. The Labute approximate surface area is 75.5 Å². The lowest BCUT2D eigenvalue weighted by Gasteiger charge is -2.23. The molecule has 1 aliphatic carbocycles. The Hall–Kier alpha value is -0.300. The zero-order chi connectivity index (χ0) is 8.81. The molecule has 1 atom stereocenters. The molecule has 0 saturated heterocycles. The Morgan fingerprint density at radius 1 is 1.33 bits per heavy atom. The Balaban J connectivity index is 2.15. The van der Waals surface area contributed by atoms with Gasteiger partial charge < -0.3 is 5.11 Å². The predicted octanol–water partition coefficient (Wildman–Crippen LogP) is 2.89. The van der Waals surface area contributed by atoms with Crippen LogP contribution in [0.3, 0.4) is 0 Å². The van der Waals surface area contributed by atoms with Crippen molar-refractivity contribution in [1.82, 2.24) is 0 Å². The van der Waals surface area contributed by atoms with Crippen molar-refractivity contribution in [2.24, 2.45) is 5.92 Å². The van der Waals surface area contributed by atoms with Gasteiger partial charge in [-0.25, -0.2) is 0 Å². The van der Waals surface area contributed by atoms with E-state index in [2.05, 4.69) is 6.58 Å². The van der Waals surface area contributed by atoms with Crippen LogP contribution in [0.1, 0.15) is 44.9 Å². The second kappa shape index (κ2) is 5.36. The highest BCUT2D eigenvalue weighted by molar-refractivity contribution is 4.76. The smallest absolute Gasteiger partial charge is 0.0577 e. The molecule has 1 N–H and O–H groups in total. The topological polar surface area (TPSA) is 20.2 Å². The van der Waals surface area contributed by atoms with E-state index in [9.17, 15) is 5.11 Å². The normalized spacial score (nSPS) is 22.1. The average molecular weight is 168 g/mol. The van der Waals surface area contributed by atoms with Crippen LogP contribution in [0, 0.1) is 5.92 Å². The van der Waals surface area contributed by atoms with Gasteiger partial charge in [0.05, 0.1) is 6.10 Å². The minimum atomic E-state index is -0.134. The second-order valence-corrected chi connectivity index (χ2v) is 3.92. The Morgan fingerprint density at radius 3 is 2.58 bits per heavy atom. The molecule has 0 amide bonds. The van der Waals surface area contributed by atoms with Gasteiger partial charge in [-0.15, -0.1) is 6.58 Å². The van der Waals surface area contributed by atoms with Gasteiger partial charge in [0.25, 0.3) is 0 Å². The van der Waals surface area contributed by atoms with Gasteiger partial charge in [0.1, 0.15) is 0 Å². The maximum absolute atomic E-state index is 9.53. The van der Waals surface area contributed by atoms with Crippen molar-refractivity contribution in [3.63, 3.8) is 0 Å². The van der Waals surface area contributed by atoms with Crippen LogP contribution in [0.4, 0.5) is 0 Å². The van der Waals surface area contributed by atoms with Gasteiger partial charge in [0.2, 0.25) is 0 Å². The lowest BCUT2D eigenvalue weighted by molar-refractivity contribution is 0.132. The maximum atomic E-state index is 9.53. The molecular formula is C11H20O. The summed E-state index contributed by atoms with van der Waals surface area (Å²) in [5, 5.41) is 9.53. The first-order valence-corrected chi connectivity index (χ1v) is 5.12. The van der Waals surface area contributed by atoms with Crippen molar-refractivity contribution in [1.29, 1.82) is 0 Å². The third kappa shape index (κ3) is 3.40. The molecule has 1 nitrogen and oxygen atoms in total. The summed E-state index contributed by atoms with van der Waals surface area (Å²) in [6.07, 6.45) is 10.2. The first kappa shape index (κ1) is 9.79. The van der Waals surface area contributed by atoms with Gasteiger partial charge in [0.15, 0.2) is 0 Å². The predicted molar refractivity (Wildman–Crippen MR) is 52.0 cm³/mol. The molecule has 0 radical (unpaired) electrons. The zero-order valence-corrected chi connectivity index (χ0v) is 7.84. The average Bonchev–Trinajstić information content (AvgIpc) is 2.06. The molecular weight excluding hydrogens is 148 g/mol. The second-order valence-electron chi connectivity index (χ2n) is 3.92. The number of aliphatic hydroxyl groups excluding tert-OH is 1. The first-order valence-electron chi connectivity index (χ1n) is 5.12. The van der Waals surface area contributed by atoms with Gasteiger partial charge in [0, 0.05) is 0 Å². The Bertz CT molecular complexity index is 125. The molecule has 0 aromatic rings. The quantitative estimate of drug-likeness (QED) is 0.640. The Kier molecular flexibility index (Phi) is 4.37. The molecule has 0 spiro atoms. The standard InChI is InChI=1S/C11H20O/c1-2-6-11(12)9-10-7-4-3-5-8-10/h2,10-12H,1,3-9H2. The summed E-state index contributed by atoms with van der Waals surface area (Å²) in [6, 6.07) is 0. The van der Waals surface area contributed by atoms with Crippen LogP contribution in [-0.4, -0.2) is 11.2 Å². The van der Waals surface area contributed by atoms with Crippen LogP contribution in [0.25, 0.3) is 0 Å². The van der Waals surface area contributed by atoms with Crippen LogP contribution in [-0.2, 0) is 0 Å². The van der Waals surface area contributed by atoms with Gasteiger partial charge in [-0.05, 0) is 18.8 Å². The minimum absolute atomic E-state index is 0.134. The molecule has 0 aromatic carbocycles. The summed E-state index contributed by atoms with van der Waals surface area (Å²) in [5.41, 5.74) is 0. The molecule has 1 rings (SSSR count). The summed E-state index contributed by atoms with van der Waals surface area (Å²) >= 11 is 0. The van der Waals surface area contributed by atoms with E-state index in [-0.39, 0.29) is 6.10 Å². The number of aliphatic hydroxyl groups is 1. The van der Waals surface area contributed by atoms with Crippen LogP contribution >= 0.6 is 0 Å². The molecule has 12 heavy (non-hydrogen) atoms. The molecule has 1 heteroatoms. The number of rotatable bonds is 4. The van der Waals surface area contributed by atoms with Crippen molar-refractivity contribution in [2.45, 2.75) is 51.0 Å². The lowest BCUT2D eigenvalue weighted by atomic mass is 9.85. The summed E-state index contributed by atoms with van der Waals surface area (Å²) in [7, 11) is 0. The van der Waals surface area contributed by atoms with Crippen molar-refractivity contribution >= 4 is 0 Å². The number of hydrogen-bond donors (Lipinski definition) is 1. The zero-order valence-electron chi connectivity index (χ0n) is 7.84. The molecule has 0 aliphatic heterocycles. The van der Waals surface area contributed by atoms with Crippen molar-refractivity contribution in [3.8, 4) is 0 Å². The van der Waals surface area contributed by atoms with E-state index in [4.69, 9.17) is 0 Å². The highest BCUT2D eigenvalue weighted by Crippen LogP contribution is 2.27. The van der Waals surface area contributed by atoms with Gasteiger partial charge in [-0.2, -0.15) is 0 Å². The third-order valence-electron chi connectivity index (χ3n) is 2.77. The molecule has 1 unspecified atom stereocenters. The molecule has 0 aromatic heterocycles.